The molecule has 3 rings (SSSR count). The van der Waals surface area contributed by atoms with Crippen LogP contribution in [0.4, 0.5) is 5.69 Å². The van der Waals surface area contributed by atoms with E-state index in [1.165, 1.54) is 12.4 Å². The summed E-state index contributed by atoms with van der Waals surface area (Å²) in [5.74, 6) is 4.48. The predicted molar refractivity (Wildman–Crippen MR) is 273 cm³/mol. The SMILES string of the molecule is [CH2]c1ccc(NC(=O)[C@H](CCCCN)NC(=O)COCC(=O)NCCOCCOCCOCCOCCOCCOCCOCCOCCn2cc(CNC(=O)CCCC#Cc3cnc(C[SH](=O)=O)nc3)nn2)cc1. The molecule has 0 saturated heterocycles. The van der Waals surface area contributed by atoms with Crippen molar-refractivity contribution in [3.05, 3.63) is 72.4 Å². The van der Waals surface area contributed by atoms with Crippen LogP contribution < -0.4 is 27.0 Å². The van der Waals surface area contributed by atoms with Crippen LogP contribution in [0.1, 0.15) is 61.2 Å². The first kappa shape index (κ1) is 63.7. The van der Waals surface area contributed by atoms with Gasteiger partial charge in [-0.25, -0.2) is 23.1 Å². The first-order valence-corrected chi connectivity index (χ1v) is 26.2. The first-order chi connectivity index (χ1) is 36.6. The molecule has 6 N–H and O–H groups in total. The van der Waals surface area contributed by atoms with Crippen LogP contribution in [-0.4, -0.2) is 195 Å². The number of ether oxygens (including phenoxy) is 9. The highest BCUT2D eigenvalue weighted by Crippen LogP contribution is 2.11. The number of anilines is 1. The second kappa shape index (κ2) is 42.6. The minimum Gasteiger partial charge on any atom is -0.377 e. The Kier molecular flexibility index (Phi) is 36.2. The van der Waals surface area contributed by atoms with Gasteiger partial charge in [0.1, 0.15) is 47.2 Å². The van der Waals surface area contributed by atoms with Gasteiger partial charge in [-0.2, -0.15) is 0 Å². The third-order valence-corrected chi connectivity index (χ3v) is 10.4. The molecule has 0 unspecified atom stereocenters. The monoisotopic (exact) mass is 1080 g/mol. The maximum absolute atomic E-state index is 12.8. The molecule has 0 aliphatic rings. The van der Waals surface area contributed by atoms with Crippen LogP contribution in [0.2, 0.25) is 0 Å². The molecule has 4 amide bonds. The second-order valence-electron chi connectivity index (χ2n) is 16.1. The Morgan fingerprint density at radius 1 is 0.680 bits per heavy atom. The number of hydrogen-bond donors (Lipinski definition) is 6. The maximum Gasteiger partial charge on any atom is 0.246 e. The van der Waals surface area contributed by atoms with E-state index in [9.17, 15) is 27.6 Å². The lowest BCUT2D eigenvalue weighted by Crippen LogP contribution is -2.45. The Hall–Kier alpha value is -5.57. The van der Waals surface area contributed by atoms with E-state index in [-0.39, 0.29) is 56.3 Å². The molecule has 417 valence electrons. The van der Waals surface area contributed by atoms with Gasteiger partial charge in [0.05, 0.1) is 131 Å². The molecule has 1 radical (unpaired) electrons. The van der Waals surface area contributed by atoms with Gasteiger partial charge in [-0.15, -0.1) is 5.10 Å². The van der Waals surface area contributed by atoms with Crippen molar-refractivity contribution in [1.82, 2.24) is 40.9 Å². The van der Waals surface area contributed by atoms with Gasteiger partial charge >= 0.3 is 0 Å². The number of hydrogen-bond acceptors (Lipinski definition) is 20. The minimum absolute atomic E-state index is 0.118. The molecule has 0 saturated carbocycles. The van der Waals surface area contributed by atoms with Crippen LogP contribution in [0.5, 0.6) is 0 Å². The second-order valence-corrected chi connectivity index (χ2v) is 17.1. The van der Waals surface area contributed by atoms with Gasteiger partial charge in [-0.3, -0.25) is 19.2 Å². The van der Waals surface area contributed by atoms with Crippen molar-refractivity contribution in [2.24, 2.45) is 5.73 Å². The smallest absolute Gasteiger partial charge is 0.246 e. The summed E-state index contributed by atoms with van der Waals surface area (Å²) in [5.41, 5.74) is 8.19. The van der Waals surface area contributed by atoms with E-state index < -0.39 is 28.6 Å². The third kappa shape index (κ3) is 34.6. The number of rotatable bonds is 45. The zero-order valence-corrected chi connectivity index (χ0v) is 43.6. The molecule has 0 bridgehead atoms. The van der Waals surface area contributed by atoms with Crippen molar-refractivity contribution >= 4 is 40.0 Å². The van der Waals surface area contributed by atoms with E-state index in [1.54, 1.807) is 35.1 Å². The number of benzene rings is 1. The topological polar surface area (TPSA) is 316 Å². The molecular weight excluding hydrogens is 1000 g/mol. The van der Waals surface area contributed by atoms with Crippen LogP contribution in [0.25, 0.3) is 0 Å². The normalized spacial score (nSPS) is 11.5. The Bertz CT molecular complexity index is 2150. The van der Waals surface area contributed by atoms with E-state index >= 15 is 0 Å². The van der Waals surface area contributed by atoms with Crippen LogP contribution in [0, 0.1) is 18.8 Å². The molecule has 2 heterocycles. The number of amides is 4. The van der Waals surface area contributed by atoms with Gasteiger partial charge in [0.15, 0.2) is 0 Å². The Balaban J connectivity index is 0.992. The van der Waals surface area contributed by atoms with Gasteiger partial charge in [0, 0.05) is 37.5 Å². The predicted octanol–water partition coefficient (Wildman–Crippen LogP) is -0.282. The lowest BCUT2D eigenvalue weighted by molar-refractivity contribution is -0.133. The number of nitrogens with one attached hydrogen (secondary N) is 4. The van der Waals surface area contributed by atoms with E-state index in [0.29, 0.717) is 168 Å². The van der Waals surface area contributed by atoms with Crippen molar-refractivity contribution in [1.29, 1.82) is 0 Å². The fourth-order valence-electron chi connectivity index (χ4n) is 6.09. The van der Waals surface area contributed by atoms with Crippen LogP contribution in [0.3, 0.4) is 0 Å². The summed E-state index contributed by atoms with van der Waals surface area (Å²) in [5, 5.41) is 19.1. The summed E-state index contributed by atoms with van der Waals surface area (Å²) in [4.78, 5) is 57.5. The van der Waals surface area contributed by atoms with E-state index in [0.717, 1.165) is 5.56 Å². The van der Waals surface area contributed by atoms with E-state index in [4.69, 9.17) is 48.4 Å². The van der Waals surface area contributed by atoms with Crippen molar-refractivity contribution in [3.8, 4) is 11.8 Å². The summed E-state index contributed by atoms with van der Waals surface area (Å²) in [6.45, 7) is 11.1. The van der Waals surface area contributed by atoms with E-state index in [2.05, 4.69) is 60.3 Å². The molecule has 2 aromatic heterocycles. The number of carbonyl (C=O) groups is 4. The highest BCUT2D eigenvalue weighted by Gasteiger charge is 2.21. The van der Waals surface area contributed by atoms with Crippen LogP contribution >= 0.6 is 0 Å². The van der Waals surface area contributed by atoms with Crippen molar-refractivity contribution in [2.45, 2.75) is 63.4 Å². The lowest BCUT2D eigenvalue weighted by atomic mass is 10.1. The molecule has 0 aliphatic carbocycles. The fraction of sp³-hybridized carbons (Fsp3) is 0.612. The highest BCUT2D eigenvalue weighted by atomic mass is 32.2. The minimum atomic E-state index is -2.58. The van der Waals surface area contributed by atoms with Gasteiger partial charge in [-0.05, 0) is 56.8 Å². The largest absolute Gasteiger partial charge is 0.377 e. The first-order valence-electron chi connectivity index (χ1n) is 24.9. The molecule has 0 aliphatic heterocycles. The summed E-state index contributed by atoms with van der Waals surface area (Å²) < 4.78 is 72.5. The number of carbonyl (C=O) groups excluding carboxylic acids is 4. The summed E-state index contributed by atoms with van der Waals surface area (Å²) >= 11 is 0. The standard InChI is InChI=1S/C49H75N10O15S/c1-40-10-12-42(13-11-40)55-49(63)44(8-5-6-14-50)56-48(62)38-74-37-47(61)51-15-17-66-19-21-68-23-25-70-27-29-72-31-32-73-30-28-71-26-24-69-22-20-67-18-16-59-36-43(57-58-59)35-54-46(60)9-4-2-3-7-41-33-52-45(53-34-41)39-75(64)65/h10-13,33-34,36,44,75H,1-2,4-6,8-9,14-32,35,37-39,50H2,(H,51,61)(H,54,60)(H,55,63)(H,56,62)/t44-/m0/s1. The van der Waals surface area contributed by atoms with Gasteiger partial charge in [0.2, 0.25) is 23.6 Å². The summed E-state index contributed by atoms with van der Waals surface area (Å²) in [6.07, 6.45) is 7.86. The number of nitrogens with two attached hydrogens (primary N) is 1. The molecule has 26 heteroatoms. The Morgan fingerprint density at radius 3 is 1.81 bits per heavy atom. The molecule has 1 aromatic carbocycles. The summed E-state index contributed by atoms with van der Waals surface area (Å²) in [7, 11) is -2.58. The van der Waals surface area contributed by atoms with Gasteiger partial charge in [-0.1, -0.05) is 29.2 Å². The Labute approximate surface area is 440 Å². The van der Waals surface area contributed by atoms with Crippen molar-refractivity contribution in [3.63, 3.8) is 0 Å². The number of aromatic nitrogens is 5. The fourth-order valence-corrected chi connectivity index (χ4v) is 6.48. The van der Waals surface area contributed by atoms with E-state index in [1.807, 2.05) is 0 Å². The highest BCUT2D eigenvalue weighted by molar-refractivity contribution is 7.71. The lowest BCUT2D eigenvalue weighted by Gasteiger charge is -2.18. The Morgan fingerprint density at radius 2 is 1.24 bits per heavy atom. The molecule has 3 aromatic rings. The van der Waals surface area contributed by atoms with Gasteiger partial charge < -0.3 is 69.6 Å². The number of thiol groups is 1. The third-order valence-electron chi connectivity index (χ3n) is 9.89. The molecule has 0 fully saturated rings. The zero-order valence-electron chi connectivity index (χ0n) is 42.7. The number of unbranched alkanes of at least 4 members (excludes halogenated alkanes) is 2. The average Bonchev–Trinajstić information content (AvgIpc) is 3.86. The van der Waals surface area contributed by atoms with Crippen molar-refractivity contribution < 1.29 is 70.2 Å². The quantitative estimate of drug-likeness (QED) is 0.0241. The molecule has 25 nitrogen and oxygen atoms in total. The molecule has 0 spiro atoms. The van der Waals surface area contributed by atoms with Crippen LogP contribution in [-0.2, 0) is 91.4 Å². The molecular formula is C49H75N10O15S. The zero-order chi connectivity index (χ0) is 53.8. The molecule has 1 atom stereocenters. The number of nitrogens with zero attached hydrogens (tertiary/aromatic N) is 5. The maximum atomic E-state index is 12.8. The van der Waals surface area contributed by atoms with Crippen molar-refractivity contribution in [2.75, 3.05) is 137 Å². The average molecular weight is 1080 g/mol. The summed E-state index contributed by atoms with van der Waals surface area (Å²) in [6, 6.07) is 6.22. The molecule has 75 heavy (non-hydrogen) atoms. The van der Waals surface area contributed by atoms with Crippen LogP contribution in [0.15, 0.2) is 42.9 Å². The van der Waals surface area contributed by atoms with Gasteiger partial charge in [0.25, 0.3) is 0 Å².